The number of hydrogen-bond acceptors (Lipinski definition) is 8. The van der Waals surface area contributed by atoms with Crippen molar-refractivity contribution in [1.82, 2.24) is 9.55 Å². The molecule has 0 saturated carbocycles. The van der Waals surface area contributed by atoms with Crippen LogP contribution in [0.5, 0.6) is 5.75 Å². The number of aliphatic hydroxyl groups is 2. The Bertz CT molecular complexity index is 1640. The molecular formula is C42H57ClN2O8. The van der Waals surface area contributed by atoms with Gasteiger partial charge in [0, 0.05) is 34.1 Å². The monoisotopic (exact) mass is 752 g/mol. The molecule has 4 rings (SSSR count). The van der Waals surface area contributed by atoms with Crippen molar-refractivity contribution in [2.45, 2.75) is 91.4 Å². The van der Waals surface area contributed by atoms with E-state index in [1.165, 1.54) is 55.9 Å². The zero-order chi connectivity index (χ0) is 39.4. The number of benzene rings is 2. The van der Waals surface area contributed by atoms with Crippen molar-refractivity contribution in [2.24, 2.45) is 0 Å². The number of nitrogens with zero attached hydrogens (tertiary/aromatic N) is 2. The third-order valence-electron chi connectivity index (χ3n) is 7.91. The summed E-state index contributed by atoms with van der Waals surface area (Å²) < 4.78 is 12.0. The van der Waals surface area contributed by atoms with Crippen LogP contribution in [-0.2, 0) is 16.0 Å². The van der Waals surface area contributed by atoms with Gasteiger partial charge in [0.05, 0.1) is 44.4 Å². The Hall–Kier alpha value is -4.51. The molecule has 0 fully saturated rings. The minimum Gasteiger partial charge on any atom is -0.497 e. The average Bonchev–Trinajstić information content (AvgIpc) is 3.43. The lowest BCUT2D eigenvalue weighted by Gasteiger charge is -2.08. The van der Waals surface area contributed by atoms with Gasteiger partial charge in [-0.05, 0) is 80.4 Å². The molecule has 3 N–H and O–H groups in total. The van der Waals surface area contributed by atoms with E-state index in [0.29, 0.717) is 50.7 Å². The number of hydrogen-bond donors (Lipinski definition) is 3. The van der Waals surface area contributed by atoms with E-state index < -0.39 is 5.97 Å². The molecule has 4 aromatic rings. The number of methoxy groups -OCH3 is 1. The van der Waals surface area contributed by atoms with Crippen molar-refractivity contribution in [3.8, 4) is 5.75 Å². The predicted octanol–water partition coefficient (Wildman–Crippen LogP) is 9.25. The van der Waals surface area contributed by atoms with Crippen LogP contribution >= 0.6 is 11.6 Å². The first-order chi connectivity index (χ1) is 25.6. The molecule has 11 heteroatoms. The van der Waals surface area contributed by atoms with Crippen molar-refractivity contribution in [3.05, 3.63) is 107 Å². The second-order valence-corrected chi connectivity index (χ2v) is 12.5. The summed E-state index contributed by atoms with van der Waals surface area (Å²) in [5.74, 6) is -0.826. The van der Waals surface area contributed by atoms with Crippen LogP contribution in [0.15, 0.2) is 79.6 Å². The lowest BCUT2D eigenvalue weighted by atomic mass is 10.1. The van der Waals surface area contributed by atoms with Crippen LogP contribution in [0.3, 0.4) is 0 Å². The molecule has 10 nitrogen and oxygen atoms in total. The average molecular weight is 753 g/mol. The molecule has 0 amide bonds. The number of carboxylic acid groups (broad SMARTS) is 1. The molecule has 0 bridgehead atoms. The summed E-state index contributed by atoms with van der Waals surface area (Å²) in [5.41, 5.74) is 2.91. The fourth-order valence-corrected chi connectivity index (χ4v) is 5.40. The zero-order valence-corrected chi connectivity index (χ0v) is 32.4. The Morgan fingerprint density at radius 2 is 1.40 bits per heavy atom. The van der Waals surface area contributed by atoms with Crippen LogP contribution < -0.4 is 4.74 Å². The highest BCUT2D eigenvalue weighted by Gasteiger charge is 2.21. The zero-order valence-electron chi connectivity index (χ0n) is 31.7. The van der Waals surface area contributed by atoms with Gasteiger partial charge in [-0.15, -0.1) is 6.58 Å². The first kappa shape index (κ1) is 46.5. The maximum absolute atomic E-state index is 13.0. The predicted molar refractivity (Wildman–Crippen MR) is 212 cm³/mol. The van der Waals surface area contributed by atoms with Gasteiger partial charge in [-0.3, -0.25) is 19.1 Å². The Kier molecular flexibility index (Phi) is 24.6. The molecule has 0 spiro atoms. The second-order valence-electron chi connectivity index (χ2n) is 12.1. The van der Waals surface area contributed by atoms with E-state index in [-0.39, 0.29) is 31.5 Å². The second kappa shape index (κ2) is 28.1. The van der Waals surface area contributed by atoms with E-state index >= 15 is 0 Å². The van der Waals surface area contributed by atoms with Gasteiger partial charge in [0.1, 0.15) is 5.75 Å². The topological polar surface area (TPSA) is 148 Å². The number of carbonyl (C=O) groups excluding carboxylic acids is 2. The Morgan fingerprint density at radius 1 is 0.849 bits per heavy atom. The first-order valence-corrected chi connectivity index (χ1v) is 18.5. The third-order valence-corrected chi connectivity index (χ3v) is 8.16. The lowest BCUT2D eigenvalue weighted by molar-refractivity contribution is -0.136. The first-order valence-electron chi connectivity index (χ1n) is 18.2. The van der Waals surface area contributed by atoms with E-state index in [9.17, 15) is 19.5 Å². The Labute approximate surface area is 319 Å². The van der Waals surface area contributed by atoms with Gasteiger partial charge in [-0.2, -0.15) is 0 Å². The molecule has 0 unspecified atom stereocenters. The van der Waals surface area contributed by atoms with Gasteiger partial charge >= 0.3 is 11.9 Å². The van der Waals surface area contributed by atoms with E-state index in [2.05, 4.69) is 18.5 Å². The van der Waals surface area contributed by atoms with Gasteiger partial charge in [0.15, 0.2) is 0 Å². The number of unbranched alkanes of at least 4 members (excludes halogenated alkanes) is 9. The molecule has 0 saturated heterocycles. The molecule has 0 aliphatic rings. The summed E-state index contributed by atoms with van der Waals surface area (Å²) in [6.07, 6.45) is 17.7. The number of halogens is 1. The maximum Gasteiger partial charge on any atom is 0.338 e. The molecular weight excluding hydrogens is 696 g/mol. The number of aromatic nitrogens is 2. The Balaban J connectivity index is 0.000000456. The number of rotatable bonds is 17. The summed E-state index contributed by atoms with van der Waals surface area (Å²) in [6.45, 7) is 9.53. The van der Waals surface area contributed by atoms with E-state index in [1.54, 1.807) is 87.1 Å². The molecule has 53 heavy (non-hydrogen) atoms. The van der Waals surface area contributed by atoms with Crippen molar-refractivity contribution >= 4 is 40.3 Å². The molecule has 0 aliphatic heterocycles. The summed E-state index contributed by atoms with van der Waals surface area (Å²) in [7, 11) is 1.54. The van der Waals surface area contributed by atoms with E-state index in [4.69, 9.17) is 31.3 Å². The van der Waals surface area contributed by atoms with Crippen LogP contribution in [0.4, 0.5) is 0 Å². The van der Waals surface area contributed by atoms with E-state index in [0.717, 1.165) is 12.8 Å². The van der Waals surface area contributed by atoms with Gasteiger partial charge in [0.2, 0.25) is 0 Å². The van der Waals surface area contributed by atoms with Crippen LogP contribution in [-0.4, -0.2) is 69.6 Å². The molecule has 2 aromatic heterocycles. The standard InChI is InChI=1S/C19H16ClNO4.C18H29NO2.C3H6.C2H6O2/c1-11-15(10-18(22)23)16-9-14(25-2)7-8-17(16)21(11)19(24)12-3-5-13(20)6-4-12;1-2-3-4-5-6-7-8-9-10-11-16-21-18(20)17-12-14-19-15-13-17;1-3-2;3-1-2-4/h3-9H,10H2,1-2H3,(H,22,23);12-15H,2-11,16H2,1H3;3H,1H2,2H3;3-4H,1-2H2. The molecule has 0 radical (unpaired) electrons. The van der Waals surface area contributed by atoms with Crippen LogP contribution in [0.25, 0.3) is 10.9 Å². The minimum atomic E-state index is -0.955. The number of aliphatic carboxylic acids is 1. The van der Waals surface area contributed by atoms with Crippen molar-refractivity contribution in [2.75, 3.05) is 26.9 Å². The van der Waals surface area contributed by atoms with Crippen LogP contribution in [0, 0.1) is 6.92 Å². The number of pyridine rings is 1. The van der Waals surface area contributed by atoms with Gasteiger partial charge in [-0.25, -0.2) is 4.79 Å². The lowest BCUT2D eigenvalue weighted by Crippen LogP contribution is -2.14. The smallest absolute Gasteiger partial charge is 0.338 e. The molecule has 2 heterocycles. The summed E-state index contributed by atoms with van der Waals surface area (Å²) in [5, 5.41) is 25.7. The fourth-order valence-electron chi connectivity index (χ4n) is 5.27. The number of fused-ring (bicyclic) bond motifs is 1. The van der Waals surface area contributed by atoms with Crippen molar-refractivity contribution in [1.29, 1.82) is 0 Å². The summed E-state index contributed by atoms with van der Waals surface area (Å²) in [4.78, 5) is 39.8. The molecule has 2 aromatic carbocycles. The highest BCUT2D eigenvalue weighted by molar-refractivity contribution is 6.30. The fraction of sp³-hybridized carbons (Fsp3) is 0.429. The molecule has 290 valence electrons. The molecule has 0 aliphatic carbocycles. The third kappa shape index (κ3) is 17.7. The number of esters is 1. The number of carbonyl (C=O) groups is 3. The van der Waals surface area contributed by atoms with Gasteiger partial charge in [0.25, 0.3) is 5.91 Å². The van der Waals surface area contributed by atoms with Crippen LogP contribution in [0.2, 0.25) is 5.02 Å². The Morgan fingerprint density at radius 3 is 1.91 bits per heavy atom. The largest absolute Gasteiger partial charge is 0.497 e. The highest BCUT2D eigenvalue weighted by atomic mass is 35.5. The number of carboxylic acids is 1. The molecule has 0 atom stereocenters. The minimum absolute atomic E-state index is 0.125. The van der Waals surface area contributed by atoms with Crippen molar-refractivity contribution in [3.63, 3.8) is 0 Å². The number of ether oxygens (including phenoxy) is 2. The SMILES string of the molecule is C=CC.CCCCCCCCCCCCOC(=O)c1ccncc1.COc1ccc2c(c1)c(CC(=O)O)c(C)n2C(=O)c1ccc(Cl)cc1.OCCO. The maximum atomic E-state index is 13.0. The summed E-state index contributed by atoms with van der Waals surface area (Å²) in [6, 6.07) is 15.2. The van der Waals surface area contributed by atoms with Crippen LogP contribution in [0.1, 0.15) is 110 Å². The number of allylic oxidation sites excluding steroid dienone is 1. The quantitative estimate of drug-likeness (QED) is 0.0545. The highest BCUT2D eigenvalue weighted by Crippen LogP contribution is 2.31. The normalized spacial score (nSPS) is 10.1. The van der Waals surface area contributed by atoms with Crippen molar-refractivity contribution < 1.29 is 39.2 Å². The van der Waals surface area contributed by atoms with Gasteiger partial charge < -0.3 is 24.8 Å². The van der Waals surface area contributed by atoms with Gasteiger partial charge in [-0.1, -0.05) is 82.4 Å². The number of aliphatic hydroxyl groups excluding tert-OH is 2. The summed E-state index contributed by atoms with van der Waals surface area (Å²) >= 11 is 5.89. The van der Waals surface area contributed by atoms with E-state index in [1.807, 2.05) is 6.92 Å².